The molecule has 1 aliphatic heterocycles. The molecule has 100 valence electrons. The quantitative estimate of drug-likeness (QED) is 0.930. The van der Waals surface area contributed by atoms with Crippen LogP contribution in [0.2, 0.25) is 0 Å². The third-order valence-electron chi connectivity index (χ3n) is 3.45. The number of hydrogen-bond acceptors (Lipinski definition) is 4. The molecule has 2 heterocycles. The lowest BCUT2D eigenvalue weighted by atomic mass is 10.0. The first-order valence-corrected chi connectivity index (χ1v) is 7.25. The normalized spacial score (nSPS) is 14.8. The minimum atomic E-state index is 0.208. The van der Waals surface area contributed by atoms with Gasteiger partial charge in [-0.25, -0.2) is 0 Å². The largest absolute Gasteiger partial charge is 0.496 e. The van der Waals surface area contributed by atoms with Crippen molar-refractivity contribution in [2.24, 2.45) is 0 Å². The van der Waals surface area contributed by atoms with Crippen LogP contribution in [0.4, 0.5) is 0 Å². The number of hydrogen-bond donors (Lipinski definition) is 1. The van der Waals surface area contributed by atoms with Crippen LogP contribution in [0.1, 0.15) is 22.0 Å². The maximum absolute atomic E-state index is 5.56. The van der Waals surface area contributed by atoms with Crippen molar-refractivity contribution >= 4 is 11.3 Å². The lowest BCUT2D eigenvalue weighted by Crippen LogP contribution is -2.16. The number of ether oxygens (including phenoxy) is 2. The Morgan fingerprint density at radius 3 is 3.00 bits per heavy atom. The molecular formula is C15H17NO2S. The van der Waals surface area contributed by atoms with Gasteiger partial charge in [-0.05, 0) is 30.3 Å². The van der Waals surface area contributed by atoms with Crippen molar-refractivity contribution in [2.45, 2.75) is 12.5 Å². The number of benzene rings is 1. The Morgan fingerprint density at radius 2 is 2.26 bits per heavy atom. The Morgan fingerprint density at radius 1 is 1.37 bits per heavy atom. The van der Waals surface area contributed by atoms with Crippen LogP contribution in [0.25, 0.3) is 0 Å². The third-order valence-corrected chi connectivity index (χ3v) is 4.43. The molecule has 1 unspecified atom stereocenters. The van der Waals surface area contributed by atoms with Gasteiger partial charge in [0.25, 0.3) is 0 Å². The molecule has 1 aromatic heterocycles. The van der Waals surface area contributed by atoms with Crippen LogP contribution in [-0.4, -0.2) is 20.8 Å². The van der Waals surface area contributed by atoms with Crippen LogP contribution < -0.4 is 14.8 Å². The molecule has 0 radical (unpaired) electrons. The first-order chi connectivity index (χ1) is 9.31. The minimum Gasteiger partial charge on any atom is -0.496 e. The van der Waals surface area contributed by atoms with E-state index < -0.39 is 0 Å². The Labute approximate surface area is 117 Å². The van der Waals surface area contributed by atoms with Crippen molar-refractivity contribution in [3.05, 3.63) is 45.6 Å². The highest BCUT2D eigenvalue weighted by Gasteiger charge is 2.18. The topological polar surface area (TPSA) is 30.5 Å². The zero-order valence-corrected chi connectivity index (χ0v) is 11.9. The summed E-state index contributed by atoms with van der Waals surface area (Å²) in [5, 5.41) is 5.42. The van der Waals surface area contributed by atoms with Crippen molar-refractivity contribution in [3.63, 3.8) is 0 Å². The van der Waals surface area contributed by atoms with Gasteiger partial charge >= 0.3 is 0 Å². The van der Waals surface area contributed by atoms with E-state index in [4.69, 9.17) is 9.47 Å². The summed E-state index contributed by atoms with van der Waals surface area (Å²) in [7, 11) is 3.69. The average molecular weight is 275 g/mol. The van der Waals surface area contributed by atoms with Crippen molar-refractivity contribution in [1.82, 2.24) is 5.32 Å². The van der Waals surface area contributed by atoms with Gasteiger partial charge in [0.05, 0.1) is 19.8 Å². The fraction of sp³-hybridized carbons (Fsp3) is 0.333. The van der Waals surface area contributed by atoms with Crippen LogP contribution in [-0.2, 0) is 6.42 Å². The fourth-order valence-electron chi connectivity index (χ4n) is 2.45. The van der Waals surface area contributed by atoms with E-state index in [-0.39, 0.29) is 6.04 Å². The highest BCUT2D eigenvalue weighted by Crippen LogP contribution is 2.34. The van der Waals surface area contributed by atoms with Crippen LogP contribution in [0.3, 0.4) is 0 Å². The summed E-state index contributed by atoms with van der Waals surface area (Å²) in [5.74, 6) is 1.95. The van der Waals surface area contributed by atoms with Crippen LogP contribution >= 0.6 is 11.3 Å². The molecule has 0 spiro atoms. The standard InChI is InChI=1S/C15H17NO2S/c1-16-15(14-8-12(17-2)9-19-14)11-3-4-13-10(7-11)5-6-18-13/h3-4,7-9,15-16H,5-6H2,1-2H3. The fourth-order valence-corrected chi connectivity index (χ4v) is 3.44. The molecule has 1 aliphatic rings. The summed E-state index contributed by atoms with van der Waals surface area (Å²) >= 11 is 1.72. The Bertz CT molecular complexity index is 579. The smallest absolute Gasteiger partial charge is 0.129 e. The second-order valence-electron chi connectivity index (χ2n) is 4.58. The van der Waals surface area contributed by atoms with Gasteiger partial charge in [0.2, 0.25) is 0 Å². The molecule has 1 atom stereocenters. The predicted octanol–water partition coefficient (Wildman–Crippen LogP) is 3.00. The molecule has 0 saturated carbocycles. The molecule has 0 bridgehead atoms. The number of fused-ring (bicyclic) bond motifs is 1. The van der Waals surface area contributed by atoms with Crippen molar-refractivity contribution in [1.29, 1.82) is 0 Å². The first-order valence-electron chi connectivity index (χ1n) is 6.37. The van der Waals surface area contributed by atoms with Gasteiger partial charge in [0, 0.05) is 16.7 Å². The maximum Gasteiger partial charge on any atom is 0.129 e. The molecule has 0 saturated heterocycles. The first kappa shape index (κ1) is 12.5. The van der Waals surface area contributed by atoms with Gasteiger partial charge in [-0.3, -0.25) is 0 Å². The zero-order chi connectivity index (χ0) is 13.2. The molecule has 0 amide bonds. The second-order valence-corrected chi connectivity index (χ2v) is 5.52. The Balaban J connectivity index is 1.93. The van der Waals surface area contributed by atoms with E-state index in [1.54, 1.807) is 18.4 Å². The average Bonchev–Trinajstić information content (AvgIpc) is 3.07. The third kappa shape index (κ3) is 2.33. The Hall–Kier alpha value is -1.52. The van der Waals surface area contributed by atoms with E-state index in [1.165, 1.54) is 16.0 Å². The summed E-state index contributed by atoms with van der Waals surface area (Å²) in [6.07, 6.45) is 1.01. The molecule has 0 aliphatic carbocycles. The summed E-state index contributed by atoms with van der Waals surface area (Å²) in [5.41, 5.74) is 2.58. The van der Waals surface area contributed by atoms with Gasteiger partial charge < -0.3 is 14.8 Å². The van der Waals surface area contributed by atoms with Crippen molar-refractivity contribution in [3.8, 4) is 11.5 Å². The lowest BCUT2D eigenvalue weighted by molar-refractivity contribution is 0.357. The molecule has 3 rings (SSSR count). The minimum absolute atomic E-state index is 0.208. The van der Waals surface area contributed by atoms with Gasteiger partial charge in [-0.2, -0.15) is 0 Å². The second kappa shape index (κ2) is 5.23. The summed E-state index contributed by atoms with van der Waals surface area (Å²) in [6, 6.07) is 8.76. The molecule has 1 N–H and O–H groups in total. The highest BCUT2D eigenvalue weighted by atomic mass is 32.1. The van der Waals surface area contributed by atoms with E-state index in [0.29, 0.717) is 0 Å². The Kier molecular flexibility index (Phi) is 3.44. The summed E-state index contributed by atoms with van der Waals surface area (Å²) in [4.78, 5) is 1.26. The predicted molar refractivity (Wildman–Crippen MR) is 77.4 cm³/mol. The number of rotatable bonds is 4. The van der Waals surface area contributed by atoms with Gasteiger partial charge in [-0.1, -0.05) is 12.1 Å². The monoisotopic (exact) mass is 275 g/mol. The zero-order valence-electron chi connectivity index (χ0n) is 11.1. The highest BCUT2D eigenvalue weighted by molar-refractivity contribution is 7.10. The molecule has 2 aromatic rings. The van der Waals surface area contributed by atoms with Crippen LogP contribution in [0.5, 0.6) is 11.5 Å². The van der Waals surface area contributed by atoms with E-state index in [1.807, 2.05) is 12.4 Å². The van der Waals surface area contributed by atoms with E-state index in [0.717, 1.165) is 24.5 Å². The number of nitrogens with one attached hydrogen (secondary N) is 1. The number of thiophene rings is 1. The van der Waals surface area contributed by atoms with E-state index >= 15 is 0 Å². The number of methoxy groups -OCH3 is 1. The SMILES string of the molecule is CNC(c1ccc2c(c1)CCO2)c1cc(OC)cs1. The summed E-state index contributed by atoms with van der Waals surface area (Å²) in [6.45, 7) is 0.801. The summed E-state index contributed by atoms with van der Waals surface area (Å²) < 4.78 is 10.8. The van der Waals surface area contributed by atoms with Crippen molar-refractivity contribution < 1.29 is 9.47 Å². The van der Waals surface area contributed by atoms with Gasteiger partial charge in [-0.15, -0.1) is 11.3 Å². The maximum atomic E-state index is 5.56. The van der Waals surface area contributed by atoms with E-state index in [2.05, 4.69) is 29.6 Å². The molecular weight excluding hydrogens is 258 g/mol. The van der Waals surface area contributed by atoms with Crippen molar-refractivity contribution in [2.75, 3.05) is 20.8 Å². The van der Waals surface area contributed by atoms with E-state index in [9.17, 15) is 0 Å². The van der Waals surface area contributed by atoms with Crippen LogP contribution in [0.15, 0.2) is 29.6 Å². The molecule has 0 fully saturated rings. The lowest BCUT2D eigenvalue weighted by Gasteiger charge is -2.15. The molecule has 4 heteroatoms. The van der Waals surface area contributed by atoms with Gasteiger partial charge in [0.15, 0.2) is 0 Å². The van der Waals surface area contributed by atoms with Crippen LogP contribution in [0, 0.1) is 0 Å². The molecule has 19 heavy (non-hydrogen) atoms. The van der Waals surface area contributed by atoms with Gasteiger partial charge in [0.1, 0.15) is 11.5 Å². The molecule has 1 aromatic carbocycles. The molecule has 3 nitrogen and oxygen atoms in total.